The van der Waals surface area contributed by atoms with Crippen LogP contribution in [-0.2, 0) is 9.59 Å². The molecule has 5 heteroatoms. The number of ketones is 1. The molecule has 1 aromatic carbocycles. The number of carbonyl (C=O) groups excluding carboxylic acids is 3. The highest BCUT2D eigenvalue weighted by Crippen LogP contribution is 2.31. The van der Waals surface area contributed by atoms with Crippen LogP contribution in [0.4, 0.5) is 5.69 Å². The Morgan fingerprint density at radius 1 is 1.29 bits per heavy atom. The standard InChI is InChI=1S/C16H18N2O3/c1-10-5-4-8-12-14(10)18(16(21)15(12)20)9-13(19)17-11-6-2-3-7-11/h4-5,8,11H,2-3,6-7,9H2,1H3,(H,17,19). The van der Waals surface area contributed by atoms with E-state index in [1.54, 1.807) is 12.1 Å². The number of Topliss-reactive ketones (excluding diaryl/α,β-unsaturated/α-hetero) is 1. The highest BCUT2D eigenvalue weighted by molar-refractivity contribution is 6.52. The molecule has 5 nitrogen and oxygen atoms in total. The maximum absolute atomic E-state index is 12.1. The number of anilines is 1. The first-order valence-electron chi connectivity index (χ1n) is 7.33. The Bertz CT molecular complexity index is 618. The number of carbonyl (C=O) groups is 3. The minimum atomic E-state index is -0.610. The van der Waals surface area contributed by atoms with Crippen molar-refractivity contribution in [1.82, 2.24) is 5.32 Å². The van der Waals surface area contributed by atoms with Crippen LogP contribution in [-0.4, -0.2) is 30.2 Å². The Labute approximate surface area is 123 Å². The fraction of sp³-hybridized carbons (Fsp3) is 0.438. The highest BCUT2D eigenvalue weighted by atomic mass is 16.2. The van der Waals surface area contributed by atoms with Gasteiger partial charge in [0.15, 0.2) is 0 Å². The van der Waals surface area contributed by atoms with Crippen LogP contribution >= 0.6 is 0 Å². The molecule has 0 unspecified atom stereocenters. The van der Waals surface area contributed by atoms with Crippen LogP contribution in [0.15, 0.2) is 18.2 Å². The topological polar surface area (TPSA) is 66.5 Å². The number of hydrogen-bond acceptors (Lipinski definition) is 3. The SMILES string of the molecule is Cc1cccc2c1N(CC(=O)NC1CCCC1)C(=O)C2=O. The summed E-state index contributed by atoms with van der Waals surface area (Å²) in [6, 6.07) is 5.44. The second kappa shape index (κ2) is 5.31. The first kappa shape index (κ1) is 13.8. The fourth-order valence-electron chi connectivity index (χ4n) is 3.18. The van der Waals surface area contributed by atoms with Gasteiger partial charge in [-0.2, -0.15) is 0 Å². The van der Waals surface area contributed by atoms with E-state index < -0.39 is 11.7 Å². The van der Waals surface area contributed by atoms with E-state index in [9.17, 15) is 14.4 Å². The number of para-hydroxylation sites is 1. The lowest BCUT2D eigenvalue weighted by Gasteiger charge is -2.19. The van der Waals surface area contributed by atoms with Gasteiger partial charge in [0.05, 0.1) is 11.3 Å². The lowest BCUT2D eigenvalue weighted by molar-refractivity contribution is -0.122. The van der Waals surface area contributed by atoms with E-state index in [4.69, 9.17) is 0 Å². The minimum Gasteiger partial charge on any atom is -0.352 e. The van der Waals surface area contributed by atoms with E-state index in [2.05, 4.69) is 5.32 Å². The van der Waals surface area contributed by atoms with Crippen LogP contribution in [0.25, 0.3) is 0 Å². The van der Waals surface area contributed by atoms with Crippen molar-refractivity contribution in [3.05, 3.63) is 29.3 Å². The van der Waals surface area contributed by atoms with Gasteiger partial charge in [-0.1, -0.05) is 25.0 Å². The van der Waals surface area contributed by atoms with Crippen molar-refractivity contribution in [2.75, 3.05) is 11.4 Å². The van der Waals surface area contributed by atoms with Gasteiger partial charge >= 0.3 is 0 Å². The summed E-state index contributed by atoms with van der Waals surface area (Å²) in [5.74, 6) is -1.33. The molecule has 1 N–H and O–H groups in total. The first-order chi connectivity index (χ1) is 10.1. The van der Waals surface area contributed by atoms with E-state index >= 15 is 0 Å². The van der Waals surface area contributed by atoms with Gasteiger partial charge in [-0.25, -0.2) is 0 Å². The van der Waals surface area contributed by atoms with Crippen molar-refractivity contribution >= 4 is 23.3 Å². The Morgan fingerprint density at radius 2 is 2.00 bits per heavy atom. The molecule has 1 fully saturated rings. The van der Waals surface area contributed by atoms with Crippen molar-refractivity contribution in [1.29, 1.82) is 0 Å². The van der Waals surface area contributed by atoms with Gasteiger partial charge in [-0.3, -0.25) is 19.3 Å². The van der Waals surface area contributed by atoms with E-state index in [1.807, 2.05) is 13.0 Å². The molecule has 0 aromatic heterocycles. The second-order valence-corrected chi connectivity index (χ2v) is 5.74. The van der Waals surface area contributed by atoms with Crippen LogP contribution in [0.3, 0.4) is 0 Å². The van der Waals surface area contributed by atoms with E-state index in [1.165, 1.54) is 4.90 Å². The second-order valence-electron chi connectivity index (χ2n) is 5.74. The molecule has 0 bridgehead atoms. The molecule has 1 aromatic rings. The molecule has 0 spiro atoms. The lowest BCUT2D eigenvalue weighted by atomic mass is 10.1. The van der Waals surface area contributed by atoms with Crippen LogP contribution in [0.1, 0.15) is 41.6 Å². The van der Waals surface area contributed by atoms with Crippen LogP contribution in [0.5, 0.6) is 0 Å². The molecule has 0 atom stereocenters. The summed E-state index contributed by atoms with van der Waals surface area (Å²) in [5, 5.41) is 2.95. The Morgan fingerprint density at radius 3 is 2.71 bits per heavy atom. The average molecular weight is 286 g/mol. The zero-order valence-corrected chi connectivity index (χ0v) is 12.0. The van der Waals surface area contributed by atoms with Gasteiger partial charge < -0.3 is 5.32 Å². The summed E-state index contributed by atoms with van der Waals surface area (Å²) >= 11 is 0. The quantitative estimate of drug-likeness (QED) is 0.858. The first-order valence-corrected chi connectivity index (χ1v) is 7.33. The zero-order chi connectivity index (χ0) is 15.0. The predicted octanol–water partition coefficient (Wildman–Crippen LogP) is 1.58. The Hall–Kier alpha value is -2.17. The molecule has 110 valence electrons. The van der Waals surface area contributed by atoms with Crippen LogP contribution < -0.4 is 10.2 Å². The summed E-state index contributed by atoms with van der Waals surface area (Å²) in [6.07, 6.45) is 4.25. The average Bonchev–Trinajstić information content (AvgIpc) is 3.03. The van der Waals surface area contributed by atoms with Crippen LogP contribution in [0.2, 0.25) is 0 Å². The molecule has 21 heavy (non-hydrogen) atoms. The third-order valence-electron chi connectivity index (χ3n) is 4.21. The highest BCUT2D eigenvalue weighted by Gasteiger charge is 2.37. The molecule has 1 heterocycles. The maximum Gasteiger partial charge on any atom is 0.299 e. The van der Waals surface area contributed by atoms with Gasteiger partial charge in [-0.05, 0) is 31.4 Å². The number of rotatable bonds is 3. The molecule has 1 saturated carbocycles. The normalized spacial score (nSPS) is 18.2. The molecular weight excluding hydrogens is 268 g/mol. The summed E-state index contributed by atoms with van der Waals surface area (Å²) in [4.78, 5) is 37.5. The fourth-order valence-corrected chi connectivity index (χ4v) is 3.18. The number of fused-ring (bicyclic) bond motifs is 1. The summed E-state index contributed by atoms with van der Waals surface area (Å²) in [6.45, 7) is 1.76. The van der Waals surface area contributed by atoms with E-state index in [-0.39, 0.29) is 18.5 Å². The molecule has 3 rings (SSSR count). The van der Waals surface area contributed by atoms with Crippen molar-refractivity contribution in [2.45, 2.75) is 38.6 Å². The van der Waals surface area contributed by atoms with E-state index in [0.717, 1.165) is 31.2 Å². The number of hydrogen-bond donors (Lipinski definition) is 1. The van der Waals surface area contributed by atoms with Gasteiger partial charge in [0.25, 0.3) is 11.7 Å². The van der Waals surface area contributed by atoms with Crippen molar-refractivity contribution in [2.24, 2.45) is 0 Å². The number of aryl methyl sites for hydroxylation is 1. The Balaban J connectivity index is 1.78. The third kappa shape index (κ3) is 2.44. The monoisotopic (exact) mass is 286 g/mol. The van der Waals surface area contributed by atoms with Crippen LogP contribution in [0, 0.1) is 6.92 Å². The van der Waals surface area contributed by atoms with Gasteiger partial charge in [0.1, 0.15) is 6.54 Å². The van der Waals surface area contributed by atoms with Crippen molar-refractivity contribution < 1.29 is 14.4 Å². The minimum absolute atomic E-state index is 0.0844. The van der Waals surface area contributed by atoms with Crippen molar-refractivity contribution in [3.8, 4) is 0 Å². The van der Waals surface area contributed by atoms with E-state index in [0.29, 0.717) is 11.3 Å². The third-order valence-corrected chi connectivity index (χ3v) is 4.21. The summed E-state index contributed by atoms with van der Waals surface area (Å²) in [5.41, 5.74) is 1.81. The molecular formula is C16H18N2O3. The predicted molar refractivity (Wildman–Crippen MR) is 78.3 cm³/mol. The largest absolute Gasteiger partial charge is 0.352 e. The maximum atomic E-state index is 12.1. The number of benzene rings is 1. The summed E-state index contributed by atoms with van der Waals surface area (Å²) in [7, 11) is 0. The number of nitrogens with one attached hydrogen (secondary N) is 1. The molecule has 1 aliphatic heterocycles. The molecule has 2 aliphatic rings. The molecule has 0 saturated heterocycles. The summed E-state index contributed by atoms with van der Waals surface area (Å²) < 4.78 is 0. The molecule has 0 radical (unpaired) electrons. The smallest absolute Gasteiger partial charge is 0.299 e. The van der Waals surface area contributed by atoms with Crippen molar-refractivity contribution in [3.63, 3.8) is 0 Å². The van der Waals surface area contributed by atoms with Gasteiger partial charge in [0, 0.05) is 6.04 Å². The number of amides is 2. The number of nitrogens with zero attached hydrogens (tertiary/aromatic N) is 1. The van der Waals surface area contributed by atoms with Gasteiger partial charge in [0.2, 0.25) is 5.91 Å². The zero-order valence-electron chi connectivity index (χ0n) is 12.0. The molecule has 2 amide bonds. The lowest BCUT2D eigenvalue weighted by Crippen LogP contribution is -2.43. The Kier molecular flexibility index (Phi) is 3.49. The van der Waals surface area contributed by atoms with Gasteiger partial charge in [-0.15, -0.1) is 0 Å². The molecule has 1 aliphatic carbocycles.